The largest absolute Gasteiger partial charge is 0.460 e. The average Bonchev–Trinajstić information content (AvgIpc) is 2.76. The number of carbonyl (C=O) groups is 3. The predicted molar refractivity (Wildman–Crippen MR) is 135 cm³/mol. The van der Waals surface area contributed by atoms with Gasteiger partial charge in [-0.1, -0.05) is 49.6 Å². The van der Waals surface area contributed by atoms with Gasteiger partial charge in [0.15, 0.2) is 0 Å². The highest BCUT2D eigenvalue weighted by Crippen LogP contribution is 2.38. The normalized spacial score (nSPS) is 16.7. The maximum atomic E-state index is 13.7. The molecular formula is C28H43NO6. The summed E-state index contributed by atoms with van der Waals surface area (Å²) in [5.74, 6) is -1.02. The smallest absolute Gasteiger partial charge is 0.411 e. The third kappa shape index (κ3) is 8.86. The van der Waals surface area contributed by atoms with Crippen molar-refractivity contribution in [1.82, 2.24) is 4.90 Å². The molecular weight excluding hydrogens is 446 g/mol. The van der Waals surface area contributed by atoms with Crippen LogP contribution in [0, 0.1) is 5.92 Å². The zero-order chi connectivity index (χ0) is 26.3. The number of benzene rings is 1. The molecule has 0 unspecified atom stereocenters. The number of ether oxygens (including phenoxy) is 3. The SMILES string of the molecule is CC(C)(C)OC(=O)CCN(C(=O)OC(C)(C)C)[C@@](C)(C(=O)OCc1ccccc1)C1CCCCC1. The number of esters is 2. The van der Waals surface area contributed by atoms with Crippen molar-refractivity contribution in [3.8, 4) is 0 Å². The number of hydrogen-bond donors (Lipinski definition) is 0. The van der Waals surface area contributed by atoms with Crippen molar-refractivity contribution in [2.24, 2.45) is 5.92 Å². The maximum absolute atomic E-state index is 13.7. The summed E-state index contributed by atoms with van der Waals surface area (Å²) in [7, 11) is 0. The first kappa shape index (κ1) is 28.7. The van der Waals surface area contributed by atoms with Crippen molar-refractivity contribution >= 4 is 18.0 Å². The highest BCUT2D eigenvalue weighted by molar-refractivity contribution is 5.86. The van der Waals surface area contributed by atoms with E-state index in [1.807, 2.05) is 30.3 Å². The van der Waals surface area contributed by atoms with Gasteiger partial charge >= 0.3 is 18.0 Å². The quantitative estimate of drug-likeness (QED) is 0.327. The van der Waals surface area contributed by atoms with Gasteiger partial charge in [0.05, 0.1) is 6.42 Å². The van der Waals surface area contributed by atoms with E-state index < -0.39 is 34.8 Å². The minimum absolute atomic E-state index is 0.00271. The molecule has 0 heterocycles. The van der Waals surface area contributed by atoms with Gasteiger partial charge in [0.25, 0.3) is 0 Å². The molecule has 1 amide bonds. The molecule has 0 aliphatic heterocycles. The molecule has 1 atom stereocenters. The molecule has 1 aromatic carbocycles. The van der Waals surface area contributed by atoms with Gasteiger partial charge in [-0.2, -0.15) is 0 Å². The Hall–Kier alpha value is -2.57. The molecule has 35 heavy (non-hydrogen) atoms. The van der Waals surface area contributed by atoms with Gasteiger partial charge in [-0.05, 0) is 72.8 Å². The topological polar surface area (TPSA) is 82.1 Å². The van der Waals surface area contributed by atoms with Gasteiger partial charge in [-0.25, -0.2) is 9.59 Å². The molecule has 0 N–H and O–H groups in total. The maximum Gasteiger partial charge on any atom is 0.411 e. The fraction of sp³-hybridized carbons (Fsp3) is 0.679. The van der Waals surface area contributed by atoms with Crippen LogP contribution in [0.5, 0.6) is 0 Å². The van der Waals surface area contributed by atoms with E-state index in [0.29, 0.717) is 0 Å². The van der Waals surface area contributed by atoms with E-state index in [1.165, 1.54) is 4.90 Å². The van der Waals surface area contributed by atoms with E-state index >= 15 is 0 Å². The Morgan fingerprint density at radius 1 is 0.857 bits per heavy atom. The molecule has 1 aromatic rings. The van der Waals surface area contributed by atoms with Crippen molar-refractivity contribution in [3.05, 3.63) is 35.9 Å². The fourth-order valence-corrected chi connectivity index (χ4v) is 4.46. The molecule has 1 aliphatic rings. The van der Waals surface area contributed by atoms with E-state index in [9.17, 15) is 14.4 Å². The highest BCUT2D eigenvalue weighted by atomic mass is 16.6. The van der Waals surface area contributed by atoms with Gasteiger partial charge < -0.3 is 14.2 Å². The van der Waals surface area contributed by atoms with Crippen LogP contribution in [0.15, 0.2) is 30.3 Å². The molecule has 1 aliphatic carbocycles. The third-order valence-electron chi connectivity index (χ3n) is 6.16. The predicted octanol–water partition coefficient (Wildman–Crippen LogP) is 6.04. The highest BCUT2D eigenvalue weighted by Gasteiger charge is 2.51. The number of carbonyl (C=O) groups excluding carboxylic acids is 3. The summed E-state index contributed by atoms with van der Waals surface area (Å²) in [6, 6.07) is 9.45. The number of rotatable bonds is 8. The van der Waals surface area contributed by atoms with Crippen molar-refractivity contribution < 1.29 is 28.6 Å². The Balaban J connectivity index is 2.36. The summed E-state index contributed by atoms with van der Waals surface area (Å²) in [4.78, 5) is 41.1. The van der Waals surface area contributed by atoms with Crippen LogP contribution in [0.25, 0.3) is 0 Å². The lowest BCUT2D eigenvalue weighted by Gasteiger charge is -2.45. The van der Waals surface area contributed by atoms with E-state index in [-0.39, 0.29) is 25.5 Å². The lowest BCUT2D eigenvalue weighted by molar-refractivity contribution is -0.165. The van der Waals surface area contributed by atoms with Crippen LogP contribution in [0.1, 0.15) is 92.6 Å². The van der Waals surface area contributed by atoms with Crippen LogP contribution in [0.3, 0.4) is 0 Å². The standard InChI is InChI=1S/C28H43NO6/c1-26(2,3)34-23(30)18-19-29(25(32)35-27(4,5)6)28(7,22-16-12-9-13-17-22)24(31)33-20-21-14-10-8-11-15-21/h8,10-11,14-15,22H,9,12-13,16-20H2,1-7H3/t28-/m1/s1. The van der Waals surface area contributed by atoms with E-state index in [1.54, 1.807) is 48.5 Å². The van der Waals surface area contributed by atoms with Crippen LogP contribution in [-0.4, -0.2) is 46.2 Å². The second kappa shape index (κ2) is 11.9. The van der Waals surface area contributed by atoms with E-state index in [2.05, 4.69) is 0 Å². The Morgan fingerprint density at radius 2 is 1.43 bits per heavy atom. The molecule has 1 fully saturated rings. The number of amides is 1. The van der Waals surface area contributed by atoms with Crippen LogP contribution in [0.2, 0.25) is 0 Å². The molecule has 0 aromatic heterocycles. The summed E-state index contributed by atoms with van der Waals surface area (Å²) < 4.78 is 17.0. The third-order valence-corrected chi connectivity index (χ3v) is 6.16. The van der Waals surface area contributed by atoms with Crippen LogP contribution < -0.4 is 0 Å². The summed E-state index contributed by atoms with van der Waals surface area (Å²) in [5, 5.41) is 0. The van der Waals surface area contributed by atoms with Crippen molar-refractivity contribution in [3.63, 3.8) is 0 Å². The van der Waals surface area contributed by atoms with Gasteiger partial charge in [0, 0.05) is 6.54 Å². The first-order valence-electron chi connectivity index (χ1n) is 12.7. The minimum atomic E-state index is -1.28. The second-order valence-corrected chi connectivity index (χ2v) is 11.5. The molecule has 7 heteroatoms. The van der Waals surface area contributed by atoms with Gasteiger partial charge in [0.2, 0.25) is 0 Å². The summed E-state index contributed by atoms with van der Waals surface area (Å²) >= 11 is 0. The Labute approximate surface area is 210 Å². The summed E-state index contributed by atoms with van der Waals surface area (Å²) in [5.41, 5.74) is -1.82. The lowest BCUT2D eigenvalue weighted by atomic mass is 9.74. The zero-order valence-corrected chi connectivity index (χ0v) is 22.5. The van der Waals surface area contributed by atoms with E-state index in [4.69, 9.17) is 14.2 Å². The van der Waals surface area contributed by atoms with Gasteiger partial charge in [-0.15, -0.1) is 0 Å². The average molecular weight is 490 g/mol. The Bertz CT molecular complexity index is 848. The summed E-state index contributed by atoms with van der Waals surface area (Å²) in [6.07, 6.45) is 3.94. The monoisotopic (exact) mass is 489 g/mol. The van der Waals surface area contributed by atoms with E-state index in [0.717, 1.165) is 37.7 Å². The number of hydrogen-bond acceptors (Lipinski definition) is 6. The Morgan fingerprint density at radius 3 is 1.97 bits per heavy atom. The summed E-state index contributed by atoms with van der Waals surface area (Å²) in [6.45, 7) is 12.6. The van der Waals surface area contributed by atoms with Crippen molar-refractivity contribution in [1.29, 1.82) is 0 Å². The van der Waals surface area contributed by atoms with Gasteiger partial charge in [-0.3, -0.25) is 9.69 Å². The first-order valence-corrected chi connectivity index (χ1v) is 12.7. The molecule has 196 valence electrons. The zero-order valence-electron chi connectivity index (χ0n) is 22.5. The molecule has 2 rings (SSSR count). The minimum Gasteiger partial charge on any atom is -0.460 e. The van der Waals surface area contributed by atoms with Crippen molar-refractivity contribution in [2.75, 3.05) is 6.54 Å². The van der Waals surface area contributed by atoms with Crippen LogP contribution >= 0.6 is 0 Å². The van der Waals surface area contributed by atoms with Crippen molar-refractivity contribution in [2.45, 2.75) is 110 Å². The van der Waals surface area contributed by atoms with Gasteiger partial charge in [0.1, 0.15) is 23.3 Å². The molecule has 0 radical (unpaired) electrons. The Kier molecular flexibility index (Phi) is 9.76. The molecule has 0 saturated heterocycles. The molecule has 0 spiro atoms. The molecule has 7 nitrogen and oxygen atoms in total. The molecule has 0 bridgehead atoms. The van der Waals surface area contributed by atoms with Crippen LogP contribution in [0.4, 0.5) is 4.79 Å². The molecule has 1 saturated carbocycles. The van der Waals surface area contributed by atoms with Crippen LogP contribution in [-0.2, 0) is 30.4 Å². The lowest BCUT2D eigenvalue weighted by Crippen LogP contribution is -2.61. The second-order valence-electron chi connectivity index (χ2n) is 11.5. The first-order chi connectivity index (χ1) is 16.2. The fourth-order valence-electron chi connectivity index (χ4n) is 4.46. The number of nitrogens with zero attached hydrogens (tertiary/aromatic N) is 1.